The Morgan fingerprint density at radius 2 is 1.83 bits per heavy atom. The summed E-state index contributed by atoms with van der Waals surface area (Å²) in [5, 5.41) is 2.98. The van der Waals surface area contributed by atoms with Crippen LogP contribution in [0.25, 0.3) is 0 Å². The van der Waals surface area contributed by atoms with Crippen LogP contribution in [0.1, 0.15) is 51.5 Å². The van der Waals surface area contributed by atoms with Crippen molar-refractivity contribution in [1.29, 1.82) is 0 Å². The monoisotopic (exact) mass is 446 g/mol. The first-order valence-electron chi connectivity index (χ1n) is 8.76. The van der Waals surface area contributed by atoms with E-state index < -0.39 is 0 Å². The fraction of sp³-hybridized carbons (Fsp3) is 0.632. The second kappa shape index (κ2) is 10.9. The van der Waals surface area contributed by atoms with Crippen LogP contribution in [0.5, 0.6) is 0 Å². The van der Waals surface area contributed by atoms with Gasteiger partial charge in [0.05, 0.1) is 0 Å². The molecule has 2 rings (SSSR count). The maximum Gasteiger partial charge on any atom is 0.407 e. The zero-order valence-electron chi connectivity index (χ0n) is 14.9. The summed E-state index contributed by atoms with van der Waals surface area (Å²) < 4.78 is 5.30. The third kappa shape index (κ3) is 8.33. The van der Waals surface area contributed by atoms with E-state index in [9.17, 15) is 4.79 Å². The summed E-state index contributed by atoms with van der Waals surface area (Å²) >= 11 is 0. The standard InChI is InChI=1S/C19H30N2O2.HI/c1-19(2,12-9-15-21-13-7-4-8-14-21)20-18(22)23-16-17-10-5-3-6-11-17;/h3,5-6,10-11H,4,7-9,12-16H2,1-2H3,(H,20,22);1H. The van der Waals surface area contributed by atoms with Crippen LogP contribution in [0.15, 0.2) is 30.3 Å². The van der Waals surface area contributed by atoms with Crippen LogP contribution in [0, 0.1) is 0 Å². The third-order valence-electron chi connectivity index (χ3n) is 4.38. The number of piperidine rings is 1. The van der Waals surface area contributed by atoms with E-state index >= 15 is 0 Å². The fourth-order valence-corrected chi connectivity index (χ4v) is 3.03. The Morgan fingerprint density at radius 3 is 2.50 bits per heavy atom. The van der Waals surface area contributed by atoms with Crippen molar-refractivity contribution in [3.8, 4) is 0 Å². The first kappa shape index (κ1) is 21.2. The van der Waals surface area contributed by atoms with E-state index in [2.05, 4.69) is 24.1 Å². The third-order valence-corrected chi connectivity index (χ3v) is 4.38. The Labute approximate surface area is 163 Å². The summed E-state index contributed by atoms with van der Waals surface area (Å²) in [7, 11) is 0. The number of rotatable bonds is 7. The normalized spacial score (nSPS) is 15.4. The van der Waals surface area contributed by atoms with Crippen molar-refractivity contribution in [2.45, 2.75) is 58.1 Å². The van der Waals surface area contributed by atoms with Gasteiger partial charge in [-0.25, -0.2) is 4.79 Å². The van der Waals surface area contributed by atoms with Gasteiger partial charge in [0.25, 0.3) is 0 Å². The molecule has 0 saturated carbocycles. The number of nitrogens with zero attached hydrogens (tertiary/aromatic N) is 1. The zero-order chi connectivity index (χ0) is 16.5. The molecule has 24 heavy (non-hydrogen) atoms. The Kier molecular flexibility index (Phi) is 9.66. The summed E-state index contributed by atoms with van der Waals surface area (Å²) in [4.78, 5) is 14.5. The minimum absolute atomic E-state index is 0. The highest BCUT2D eigenvalue weighted by Gasteiger charge is 2.21. The Hall–Kier alpha value is -0.820. The lowest BCUT2D eigenvalue weighted by molar-refractivity contribution is 0.127. The van der Waals surface area contributed by atoms with E-state index in [0.29, 0.717) is 6.61 Å². The SMILES string of the molecule is CC(C)(CCCN1CCCCC1)NC(=O)OCc1ccccc1.I. The van der Waals surface area contributed by atoms with E-state index in [4.69, 9.17) is 4.74 Å². The number of carbonyl (C=O) groups is 1. The predicted molar refractivity (Wildman–Crippen MR) is 109 cm³/mol. The number of amides is 1. The minimum Gasteiger partial charge on any atom is -0.445 e. The van der Waals surface area contributed by atoms with Gasteiger partial charge < -0.3 is 15.0 Å². The average molecular weight is 446 g/mol. The smallest absolute Gasteiger partial charge is 0.407 e. The molecule has 0 aliphatic carbocycles. The first-order valence-corrected chi connectivity index (χ1v) is 8.76. The molecule has 0 spiro atoms. The molecule has 1 aliphatic rings. The molecule has 1 N–H and O–H groups in total. The van der Waals surface area contributed by atoms with E-state index in [1.807, 2.05) is 30.3 Å². The molecule has 0 bridgehead atoms. The summed E-state index contributed by atoms with van der Waals surface area (Å²) in [6.45, 7) is 8.03. The molecule has 1 fully saturated rings. The van der Waals surface area contributed by atoms with Gasteiger partial charge in [0, 0.05) is 5.54 Å². The molecule has 0 aromatic heterocycles. The van der Waals surface area contributed by atoms with E-state index in [0.717, 1.165) is 24.9 Å². The van der Waals surface area contributed by atoms with Gasteiger partial charge in [-0.3, -0.25) is 0 Å². The summed E-state index contributed by atoms with van der Waals surface area (Å²) in [5.41, 5.74) is 0.773. The van der Waals surface area contributed by atoms with Crippen LogP contribution in [0.4, 0.5) is 4.79 Å². The summed E-state index contributed by atoms with van der Waals surface area (Å²) in [6.07, 6.45) is 5.75. The maximum atomic E-state index is 12.0. The molecule has 136 valence electrons. The van der Waals surface area contributed by atoms with Gasteiger partial charge in [0.1, 0.15) is 6.61 Å². The minimum atomic E-state index is -0.336. The van der Waals surface area contributed by atoms with Crippen LogP contribution in [0.2, 0.25) is 0 Å². The number of carbonyl (C=O) groups excluding carboxylic acids is 1. The lowest BCUT2D eigenvalue weighted by atomic mass is 9.98. The molecular weight excluding hydrogens is 415 g/mol. The molecule has 1 aromatic carbocycles. The molecule has 0 radical (unpaired) electrons. The van der Waals surface area contributed by atoms with Crippen molar-refractivity contribution in [2.24, 2.45) is 0 Å². The lowest BCUT2D eigenvalue weighted by Gasteiger charge is -2.29. The van der Waals surface area contributed by atoms with Crippen molar-refractivity contribution >= 4 is 30.1 Å². The van der Waals surface area contributed by atoms with Crippen LogP contribution in [0.3, 0.4) is 0 Å². The average Bonchev–Trinajstić information content (AvgIpc) is 2.54. The van der Waals surface area contributed by atoms with Gasteiger partial charge in [0.15, 0.2) is 0 Å². The number of nitrogens with one attached hydrogen (secondary N) is 1. The Morgan fingerprint density at radius 1 is 1.17 bits per heavy atom. The van der Waals surface area contributed by atoms with Crippen LogP contribution >= 0.6 is 24.0 Å². The van der Waals surface area contributed by atoms with Gasteiger partial charge >= 0.3 is 6.09 Å². The Balaban J connectivity index is 0.00000288. The van der Waals surface area contributed by atoms with Gasteiger partial charge in [-0.15, -0.1) is 24.0 Å². The summed E-state index contributed by atoms with van der Waals surface area (Å²) in [6, 6.07) is 9.76. The Bertz CT molecular complexity index is 474. The molecule has 1 aliphatic heterocycles. The van der Waals surface area contributed by atoms with Crippen LogP contribution in [-0.2, 0) is 11.3 Å². The number of alkyl carbamates (subject to hydrolysis) is 1. The topological polar surface area (TPSA) is 41.6 Å². The molecule has 5 heteroatoms. The second-order valence-electron chi connectivity index (χ2n) is 7.08. The highest BCUT2D eigenvalue weighted by Crippen LogP contribution is 2.15. The van der Waals surface area contributed by atoms with Crippen LogP contribution < -0.4 is 5.32 Å². The van der Waals surface area contributed by atoms with Crippen molar-refractivity contribution in [3.05, 3.63) is 35.9 Å². The highest BCUT2D eigenvalue weighted by atomic mass is 127. The molecule has 1 saturated heterocycles. The molecular formula is C19H31IN2O2. The second-order valence-corrected chi connectivity index (χ2v) is 7.08. The van der Waals surface area contributed by atoms with Gasteiger partial charge in [-0.2, -0.15) is 0 Å². The van der Waals surface area contributed by atoms with Gasteiger partial charge in [0.2, 0.25) is 0 Å². The molecule has 4 nitrogen and oxygen atoms in total. The number of benzene rings is 1. The first-order chi connectivity index (χ1) is 11.1. The number of halogens is 1. The number of ether oxygens (including phenoxy) is 1. The number of hydrogen-bond acceptors (Lipinski definition) is 3. The summed E-state index contributed by atoms with van der Waals surface area (Å²) in [5.74, 6) is 0. The van der Waals surface area contributed by atoms with E-state index in [1.54, 1.807) is 0 Å². The lowest BCUT2D eigenvalue weighted by Crippen LogP contribution is -2.44. The largest absolute Gasteiger partial charge is 0.445 e. The molecule has 1 heterocycles. The molecule has 1 amide bonds. The highest BCUT2D eigenvalue weighted by molar-refractivity contribution is 14.0. The van der Waals surface area contributed by atoms with Gasteiger partial charge in [-0.1, -0.05) is 36.8 Å². The number of hydrogen-bond donors (Lipinski definition) is 1. The van der Waals surface area contributed by atoms with Crippen molar-refractivity contribution in [3.63, 3.8) is 0 Å². The van der Waals surface area contributed by atoms with Crippen molar-refractivity contribution in [1.82, 2.24) is 10.2 Å². The predicted octanol–water partition coefficient (Wildman–Crippen LogP) is 4.58. The van der Waals surface area contributed by atoms with E-state index in [-0.39, 0.29) is 35.6 Å². The quantitative estimate of drug-likeness (QED) is 0.624. The number of likely N-dealkylation sites (tertiary alicyclic amines) is 1. The molecule has 0 unspecified atom stereocenters. The fourth-order valence-electron chi connectivity index (χ4n) is 3.03. The zero-order valence-corrected chi connectivity index (χ0v) is 17.3. The maximum absolute atomic E-state index is 12.0. The van der Waals surface area contributed by atoms with Gasteiger partial charge in [-0.05, 0) is 64.7 Å². The van der Waals surface area contributed by atoms with Crippen molar-refractivity contribution < 1.29 is 9.53 Å². The van der Waals surface area contributed by atoms with E-state index in [1.165, 1.54) is 32.4 Å². The molecule has 1 aromatic rings. The van der Waals surface area contributed by atoms with Crippen LogP contribution in [-0.4, -0.2) is 36.2 Å². The van der Waals surface area contributed by atoms with Crippen molar-refractivity contribution in [2.75, 3.05) is 19.6 Å². The molecule has 0 atom stereocenters.